The van der Waals surface area contributed by atoms with Crippen molar-refractivity contribution in [1.82, 2.24) is 0 Å². The topological polar surface area (TPSA) is 124 Å². The van der Waals surface area contributed by atoms with E-state index in [1.165, 1.54) is 12.2 Å². The molecule has 2 rings (SSSR count). The summed E-state index contributed by atoms with van der Waals surface area (Å²) in [6, 6.07) is 10.3. The smallest absolute Gasteiger partial charge is 0.315 e. The lowest BCUT2D eigenvalue weighted by atomic mass is 10.1. The lowest BCUT2D eigenvalue weighted by Gasteiger charge is -2.02. The third-order valence-corrected chi connectivity index (χ3v) is 3.02. The van der Waals surface area contributed by atoms with Crippen LogP contribution in [0.15, 0.2) is 42.5 Å². The van der Waals surface area contributed by atoms with Crippen molar-refractivity contribution in [2.45, 2.75) is 0 Å². The Morgan fingerprint density at radius 2 is 1.87 bits per heavy atom. The fourth-order valence-electron chi connectivity index (χ4n) is 1.82. The minimum Gasteiger partial charge on any atom is -0.504 e. The lowest BCUT2D eigenvalue weighted by molar-refractivity contribution is -0.386. The van der Waals surface area contributed by atoms with Crippen LogP contribution < -0.4 is 0 Å². The van der Waals surface area contributed by atoms with E-state index in [2.05, 4.69) is 0 Å². The summed E-state index contributed by atoms with van der Waals surface area (Å²) >= 11 is 0. The van der Waals surface area contributed by atoms with Gasteiger partial charge in [-0.05, 0) is 29.8 Å². The number of phenols is 2. The summed E-state index contributed by atoms with van der Waals surface area (Å²) in [5, 5.41) is 38.3. The molecule has 2 N–H and O–H groups in total. The van der Waals surface area contributed by atoms with Gasteiger partial charge in [-0.15, -0.1) is 0 Å². The predicted molar refractivity (Wildman–Crippen MR) is 80.9 cm³/mol. The fourth-order valence-corrected chi connectivity index (χ4v) is 1.82. The van der Waals surface area contributed by atoms with Crippen LogP contribution in [0.1, 0.15) is 21.5 Å². The molecule has 7 heteroatoms. The van der Waals surface area contributed by atoms with E-state index < -0.39 is 27.9 Å². The number of ketones is 1. The van der Waals surface area contributed by atoms with Gasteiger partial charge in [0.05, 0.1) is 16.6 Å². The van der Waals surface area contributed by atoms with Crippen molar-refractivity contribution in [3.63, 3.8) is 0 Å². The van der Waals surface area contributed by atoms with Gasteiger partial charge in [0.15, 0.2) is 11.5 Å². The molecule has 2 aromatic rings. The normalized spacial score (nSPS) is 10.4. The van der Waals surface area contributed by atoms with Crippen LogP contribution in [0.5, 0.6) is 11.5 Å². The molecule has 114 valence electrons. The van der Waals surface area contributed by atoms with Crippen molar-refractivity contribution in [2.75, 3.05) is 0 Å². The van der Waals surface area contributed by atoms with E-state index in [4.69, 9.17) is 5.26 Å². The molecule has 0 unspecified atom stereocenters. The second-order valence-electron chi connectivity index (χ2n) is 4.55. The largest absolute Gasteiger partial charge is 0.504 e. The van der Waals surface area contributed by atoms with Crippen molar-refractivity contribution in [3.05, 3.63) is 69.3 Å². The summed E-state index contributed by atoms with van der Waals surface area (Å²) in [6.07, 6.45) is 2.65. The first-order chi connectivity index (χ1) is 10.9. The Morgan fingerprint density at radius 1 is 1.22 bits per heavy atom. The van der Waals surface area contributed by atoms with E-state index in [1.54, 1.807) is 24.3 Å². The van der Waals surface area contributed by atoms with Crippen LogP contribution in [0, 0.1) is 21.4 Å². The zero-order chi connectivity index (χ0) is 17.0. The highest BCUT2D eigenvalue weighted by Gasteiger charge is 2.20. The molecule has 2 aromatic carbocycles. The molecule has 0 heterocycles. The van der Waals surface area contributed by atoms with Crippen LogP contribution in [-0.2, 0) is 0 Å². The third-order valence-electron chi connectivity index (χ3n) is 3.02. The molecule has 23 heavy (non-hydrogen) atoms. The summed E-state index contributed by atoms with van der Waals surface area (Å²) in [6.45, 7) is 0. The van der Waals surface area contributed by atoms with Gasteiger partial charge in [0.1, 0.15) is 0 Å². The monoisotopic (exact) mass is 310 g/mol. The molecular weight excluding hydrogens is 300 g/mol. The van der Waals surface area contributed by atoms with Crippen LogP contribution in [0.25, 0.3) is 6.08 Å². The summed E-state index contributed by atoms with van der Waals surface area (Å²) in [4.78, 5) is 21.9. The standard InChI is InChI=1S/C16H10N2O5/c17-9-11-3-1-10(2-4-11)5-6-14(19)12-7-13(18(22)23)16(21)15(20)8-12/h1-8,20-21H/b6-5+. The molecule has 0 aromatic heterocycles. The highest BCUT2D eigenvalue weighted by Crippen LogP contribution is 2.36. The maximum atomic E-state index is 12.0. The highest BCUT2D eigenvalue weighted by atomic mass is 16.6. The van der Waals surface area contributed by atoms with Gasteiger partial charge >= 0.3 is 5.69 Å². The molecule has 0 spiro atoms. The fraction of sp³-hybridized carbons (Fsp3) is 0. The number of hydrogen-bond donors (Lipinski definition) is 2. The Balaban J connectivity index is 2.28. The Labute approximate surface area is 130 Å². The summed E-state index contributed by atoms with van der Waals surface area (Å²) in [5.41, 5.74) is 0.263. The van der Waals surface area contributed by atoms with Crippen LogP contribution in [0.2, 0.25) is 0 Å². The van der Waals surface area contributed by atoms with E-state index in [9.17, 15) is 25.1 Å². The average Bonchev–Trinajstić information content (AvgIpc) is 2.55. The third kappa shape index (κ3) is 3.51. The van der Waals surface area contributed by atoms with Crippen LogP contribution in [-0.4, -0.2) is 20.9 Å². The van der Waals surface area contributed by atoms with Gasteiger partial charge in [0.25, 0.3) is 0 Å². The number of nitro groups is 1. The van der Waals surface area contributed by atoms with E-state index in [1.807, 2.05) is 6.07 Å². The number of hydrogen-bond acceptors (Lipinski definition) is 6. The van der Waals surface area contributed by atoms with Crippen molar-refractivity contribution >= 4 is 17.5 Å². The van der Waals surface area contributed by atoms with E-state index in [0.29, 0.717) is 11.1 Å². The predicted octanol–water partition coefficient (Wildman–Crippen LogP) is 2.77. The van der Waals surface area contributed by atoms with Gasteiger partial charge in [-0.25, -0.2) is 0 Å². The second kappa shape index (κ2) is 6.41. The van der Waals surface area contributed by atoms with Crippen molar-refractivity contribution in [2.24, 2.45) is 0 Å². The molecule has 0 fully saturated rings. The van der Waals surface area contributed by atoms with Crippen molar-refractivity contribution in [3.8, 4) is 17.6 Å². The van der Waals surface area contributed by atoms with Gasteiger partial charge < -0.3 is 10.2 Å². The maximum absolute atomic E-state index is 12.0. The molecule has 0 aliphatic carbocycles. The zero-order valence-electron chi connectivity index (χ0n) is 11.6. The summed E-state index contributed by atoms with van der Waals surface area (Å²) < 4.78 is 0. The minimum atomic E-state index is -0.893. The molecule has 0 saturated heterocycles. The SMILES string of the molecule is N#Cc1ccc(/C=C/C(=O)c2cc(O)c(O)c([N+](=O)[O-])c2)cc1. The molecule has 0 aliphatic rings. The molecule has 0 bridgehead atoms. The average molecular weight is 310 g/mol. The Morgan fingerprint density at radius 3 is 2.43 bits per heavy atom. The zero-order valence-corrected chi connectivity index (χ0v) is 11.6. The van der Waals surface area contributed by atoms with E-state index >= 15 is 0 Å². The van der Waals surface area contributed by atoms with Gasteiger partial charge in [-0.3, -0.25) is 14.9 Å². The second-order valence-corrected chi connectivity index (χ2v) is 4.55. The molecule has 0 radical (unpaired) electrons. The summed E-state index contributed by atoms with van der Waals surface area (Å²) in [7, 11) is 0. The minimum absolute atomic E-state index is 0.128. The van der Waals surface area contributed by atoms with E-state index in [0.717, 1.165) is 12.1 Å². The molecule has 0 saturated carbocycles. The first kappa shape index (κ1) is 15.7. The van der Waals surface area contributed by atoms with Gasteiger partial charge in [0.2, 0.25) is 5.75 Å². The van der Waals surface area contributed by atoms with Crippen LogP contribution in [0.3, 0.4) is 0 Å². The lowest BCUT2D eigenvalue weighted by Crippen LogP contribution is -1.97. The first-order valence-electron chi connectivity index (χ1n) is 6.35. The first-order valence-corrected chi connectivity index (χ1v) is 6.35. The number of nitrogens with zero attached hydrogens (tertiary/aromatic N) is 2. The number of phenolic OH excluding ortho intramolecular Hbond substituents is 2. The number of aromatic hydroxyl groups is 2. The Hall–Kier alpha value is -3.66. The Kier molecular flexibility index (Phi) is 4.38. The van der Waals surface area contributed by atoms with E-state index in [-0.39, 0.29) is 5.56 Å². The number of nitro benzene ring substituents is 1. The molecule has 7 nitrogen and oxygen atoms in total. The number of nitriles is 1. The number of allylic oxidation sites excluding steroid dienone is 1. The quantitative estimate of drug-likeness (QED) is 0.294. The molecule has 0 atom stereocenters. The van der Waals surface area contributed by atoms with Crippen molar-refractivity contribution < 1.29 is 19.9 Å². The van der Waals surface area contributed by atoms with Crippen LogP contribution in [0.4, 0.5) is 5.69 Å². The Bertz CT molecular complexity index is 848. The molecule has 0 aliphatic heterocycles. The van der Waals surface area contributed by atoms with Gasteiger partial charge in [0, 0.05) is 11.6 Å². The van der Waals surface area contributed by atoms with Crippen molar-refractivity contribution in [1.29, 1.82) is 5.26 Å². The highest BCUT2D eigenvalue weighted by molar-refractivity contribution is 6.07. The number of benzene rings is 2. The summed E-state index contributed by atoms with van der Waals surface area (Å²) in [5.74, 6) is -2.20. The molecular formula is C16H10N2O5. The molecule has 0 amide bonds. The van der Waals surface area contributed by atoms with Gasteiger partial charge in [-0.1, -0.05) is 18.2 Å². The number of carbonyl (C=O) groups excluding carboxylic acids is 1. The number of rotatable bonds is 4. The van der Waals surface area contributed by atoms with Gasteiger partial charge in [-0.2, -0.15) is 5.26 Å². The number of carbonyl (C=O) groups is 1. The maximum Gasteiger partial charge on any atom is 0.315 e. The van der Waals surface area contributed by atoms with Crippen LogP contribution >= 0.6 is 0 Å².